The van der Waals surface area contributed by atoms with Gasteiger partial charge in [0.15, 0.2) is 11.5 Å². The zero-order valence-corrected chi connectivity index (χ0v) is 24.4. The first-order valence-corrected chi connectivity index (χ1v) is 15.0. The Bertz CT molecular complexity index is 1700. The molecule has 2 fully saturated rings. The second-order valence-electron chi connectivity index (χ2n) is 11.3. The molecule has 0 spiro atoms. The number of oxazole rings is 1. The molecule has 1 amide bonds. The number of ether oxygens (including phenoxy) is 3. The van der Waals surface area contributed by atoms with Crippen molar-refractivity contribution in [2.24, 2.45) is 0 Å². The van der Waals surface area contributed by atoms with E-state index in [4.69, 9.17) is 28.6 Å². The predicted molar refractivity (Wildman–Crippen MR) is 162 cm³/mol. The van der Waals surface area contributed by atoms with Gasteiger partial charge in [0.1, 0.15) is 17.4 Å². The number of allylic oxidation sites excluding steroid dienone is 1. The Balaban J connectivity index is 1.16. The second kappa shape index (κ2) is 11.7. The molecule has 1 saturated carbocycles. The number of rotatable bonds is 9. The van der Waals surface area contributed by atoms with E-state index in [0.29, 0.717) is 47.7 Å². The van der Waals surface area contributed by atoms with Crippen molar-refractivity contribution in [2.75, 3.05) is 25.6 Å². The quantitative estimate of drug-likeness (QED) is 0.249. The van der Waals surface area contributed by atoms with E-state index >= 15 is 0 Å². The predicted octanol–water partition coefficient (Wildman–Crippen LogP) is 5.90. The molecule has 222 valence electrons. The lowest BCUT2D eigenvalue weighted by Gasteiger charge is -2.19. The Morgan fingerprint density at radius 2 is 1.93 bits per heavy atom. The molecule has 2 N–H and O–H groups in total. The molecule has 1 unspecified atom stereocenters. The van der Waals surface area contributed by atoms with Gasteiger partial charge in [-0.2, -0.15) is 4.98 Å². The van der Waals surface area contributed by atoms with Crippen LogP contribution in [0.15, 0.2) is 46.9 Å². The monoisotopic (exact) mass is 581 g/mol. The number of nitrogens with one attached hydrogen (secondary N) is 2. The van der Waals surface area contributed by atoms with Gasteiger partial charge in [0.25, 0.3) is 5.91 Å². The largest absolute Gasteiger partial charge is 0.495 e. The number of hydrogen-bond donors (Lipinski definition) is 2. The van der Waals surface area contributed by atoms with Crippen molar-refractivity contribution < 1.29 is 23.4 Å². The molecule has 1 aliphatic heterocycles. The molecule has 3 aliphatic rings. The topological polar surface area (TPSA) is 121 Å². The third-order valence-electron chi connectivity index (χ3n) is 8.33. The highest BCUT2D eigenvalue weighted by Crippen LogP contribution is 2.41. The third-order valence-corrected chi connectivity index (χ3v) is 8.33. The van der Waals surface area contributed by atoms with Gasteiger partial charge in [0.2, 0.25) is 11.8 Å². The lowest BCUT2D eigenvalue weighted by molar-refractivity contribution is 0.0857. The summed E-state index contributed by atoms with van der Waals surface area (Å²) < 4.78 is 23.6. The average molecular weight is 582 g/mol. The van der Waals surface area contributed by atoms with Gasteiger partial charge >= 0.3 is 0 Å². The summed E-state index contributed by atoms with van der Waals surface area (Å²) in [5, 5.41) is 6.28. The molecule has 2 aromatic heterocycles. The zero-order valence-electron chi connectivity index (χ0n) is 24.4. The molecule has 7 rings (SSSR count). The Labute approximate surface area is 249 Å². The Morgan fingerprint density at radius 1 is 1.05 bits per heavy atom. The number of amides is 1. The Kier molecular flexibility index (Phi) is 7.44. The Hall–Kier alpha value is -4.44. The summed E-state index contributed by atoms with van der Waals surface area (Å²) in [5.41, 5.74) is 6.59. The number of nitrogens with zero attached hydrogens (tertiary/aromatic N) is 3. The Morgan fingerprint density at radius 3 is 2.74 bits per heavy atom. The summed E-state index contributed by atoms with van der Waals surface area (Å²) >= 11 is 0. The van der Waals surface area contributed by atoms with Crippen molar-refractivity contribution >= 4 is 34.2 Å². The van der Waals surface area contributed by atoms with E-state index in [2.05, 4.69) is 27.8 Å². The molecule has 2 aromatic carbocycles. The minimum absolute atomic E-state index is 0.0774. The number of carbonyl (C=O) groups is 1. The third kappa shape index (κ3) is 5.67. The molecule has 1 atom stereocenters. The van der Waals surface area contributed by atoms with Crippen LogP contribution in [0.4, 0.5) is 11.6 Å². The highest BCUT2D eigenvalue weighted by atomic mass is 16.5. The van der Waals surface area contributed by atoms with E-state index in [-0.39, 0.29) is 18.1 Å². The van der Waals surface area contributed by atoms with Crippen molar-refractivity contribution in [3.63, 3.8) is 0 Å². The summed E-state index contributed by atoms with van der Waals surface area (Å²) in [7, 11) is 1.58. The molecule has 3 heterocycles. The number of fused-ring (bicyclic) bond motifs is 2. The number of aromatic nitrogens is 3. The number of hydrogen-bond acceptors (Lipinski definition) is 9. The average Bonchev–Trinajstić information content (AvgIpc) is 3.83. The van der Waals surface area contributed by atoms with Gasteiger partial charge < -0.3 is 29.3 Å². The first-order chi connectivity index (χ1) is 21.0. The van der Waals surface area contributed by atoms with Crippen LogP contribution in [-0.4, -0.2) is 53.3 Å². The fourth-order valence-electron chi connectivity index (χ4n) is 6.15. The molecule has 2 aliphatic carbocycles. The van der Waals surface area contributed by atoms with Gasteiger partial charge in [-0.1, -0.05) is 12.1 Å². The second-order valence-corrected chi connectivity index (χ2v) is 11.3. The molecule has 4 aromatic rings. The van der Waals surface area contributed by atoms with E-state index < -0.39 is 0 Å². The first kappa shape index (κ1) is 27.4. The smallest absolute Gasteiger partial charge is 0.251 e. The van der Waals surface area contributed by atoms with Crippen molar-refractivity contribution in [1.82, 2.24) is 20.3 Å². The van der Waals surface area contributed by atoms with Crippen molar-refractivity contribution in [1.29, 1.82) is 0 Å². The molecular weight excluding hydrogens is 546 g/mol. The summed E-state index contributed by atoms with van der Waals surface area (Å²) in [6.45, 7) is 3.10. The summed E-state index contributed by atoms with van der Waals surface area (Å²) in [5.74, 6) is 1.97. The maximum atomic E-state index is 12.8. The molecule has 0 bridgehead atoms. The highest BCUT2D eigenvalue weighted by Gasteiger charge is 2.28. The lowest BCUT2D eigenvalue weighted by atomic mass is 10.0. The lowest BCUT2D eigenvalue weighted by Crippen LogP contribution is -2.31. The molecule has 0 radical (unpaired) electrons. The molecule has 1 saturated heterocycles. The van der Waals surface area contributed by atoms with E-state index in [9.17, 15) is 4.79 Å². The zero-order chi connectivity index (χ0) is 29.3. The fourth-order valence-corrected chi connectivity index (χ4v) is 6.15. The van der Waals surface area contributed by atoms with Crippen molar-refractivity contribution in [3.8, 4) is 11.6 Å². The van der Waals surface area contributed by atoms with Crippen LogP contribution in [0.2, 0.25) is 0 Å². The first-order valence-electron chi connectivity index (χ1n) is 15.0. The molecule has 10 nitrogen and oxygen atoms in total. The summed E-state index contributed by atoms with van der Waals surface area (Å²) in [4.78, 5) is 27.0. The number of aryl methyl sites for hydroxylation is 1. The van der Waals surface area contributed by atoms with E-state index in [1.54, 1.807) is 19.2 Å². The van der Waals surface area contributed by atoms with Crippen LogP contribution in [0.3, 0.4) is 0 Å². The molecular formula is C33H35N5O5. The minimum atomic E-state index is -0.168. The van der Waals surface area contributed by atoms with Crippen LogP contribution in [0.25, 0.3) is 16.7 Å². The van der Waals surface area contributed by atoms with Crippen LogP contribution in [0.1, 0.15) is 71.6 Å². The normalized spacial score (nSPS) is 18.1. The van der Waals surface area contributed by atoms with Crippen molar-refractivity contribution in [3.05, 3.63) is 70.7 Å². The van der Waals surface area contributed by atoms with Gasteiger partial charge in [0.05, 0.1) is 30.2 Å². The molecule has 10 heteroatoms. The van der Waals surface area contributed by atoms with Gasteiger partial charge in [-0.3, -0.25) is 4.79 Å². The van der Waals surface area contributed by atoms with Crippen LogP contribution < -0.4 is 20.1 Å². The standard InChI is InChI=1S/C33H35N5O5/c1-19-35-26-12-9-20(16-29(26)42-19)24-11-14-27-30(24)32(43-22-6-3-4-7-22)38-33(37-27)36-25-13-10-21(17-28(25)40-2)31(39)34-18-23-8-5-15-41-23/h9-13,16-17,22-23H,3-8,14-15,18H2,1-2H3,(H,34,39)(H,36,37,38). The maximum absolute atomic E-state index is 12.8. The number of anilines is 2. The van der Waals surface area contributed by atoms with Gasteiger partial charge in [0, 0.05) is 32.1 Å². The van der Waals surface area contributed by atoms with Crippen LogP contribution in [0.5, 0.6) is 11.6 Å². The molecule has 43 heavy (non-hydrogen) atoms. The van der Waals surface area contributed by atoms with Gasteiger partial charge in [-0.05, 0) is 80.0 Å². The van der Waals surface area contributed by atoms with Crippen molar-refractivity contribution in [2.45, 2.75) is 64.1 Å². The highest BCUT2D eigenvalue weighted by molar-refractivity contribution is 5.95. The number of benzene rings is 2. The van der Waals surface area contributed by atoms with Crippen LogP contribution in [-0.2, 0) is 11.2 Å². The van der Waals surface area contributed by atoms with Gasteiger partial charge in [-0.15, -0.1) is 0 Å². The maximum Gasteiger partial charge on any atom is 0.251 e. The number of carbonyl (C=O) groups excluding carboxylic acids is 1. The minimum Gasteiger partial charge on any atom is -0.495 e. The SMILES string of the molecule is COc1cc(C(=O)NCC2CCCO2)ccc1Nc1nc2c(c(OC3CCCC3)n1)C(c1ccc3nc(C)oc3c1)=CC2. The summed E-state index contributed by atoms with van der Waals surface area (Å²) in [6.07, 6.45) is 9.33. The summed E-state index contributed by atoms with van der Waals surface area (Å²) in [6, 6.07) is 11.3. The van der Waals surface area contributed by atoms with Gasteiger partial charge in [-0.25, -0.2) is 9.97 Å². The van der Waals surface area contributed by atoms with Crippen LogP contribution in [0, 0.1) is 6.92 Å². The van der Waals surface area contributed by atoms with E-state index in [1.165, 1.54) is 0 Å². The van der Waals surface area contributed by atoms with E-state index in [1.807, 2.05) is 25.1 Å². The van der Waals surface area contributed by atoms with Crippen LogP contribution >= 0.6 is 0 Å². The van der Waals surface area contributed by atoms with E-state index in [0.717, 1.165) is 78.6 Å². The fraction of sp³-hybridized carbons (Fsp3) is 0.394. The number of methoxy groups -OCH3 is 1.